The fourth-order valence-electron chi connectivity index (χ4n) is 6.99. The third kappa shape index (κ3) is 9.91. The number of hydrogen-bond donors (Lipinski definition) is 4. The predicted molar refractivity (Wildman–Crippen MR) is 239 cm³/mol. The quantitative estimate of drug-likeness (QED) is 0.0602. The number of pyridine rings is 2. The molecule has 6 N–H and O–H groups in total. The molecule has 62 heavy (non-hydrogen) atoms. The van der Waals surface area contributed by atoms with Gasteiger partial charge in [0.1, 0.15) is 0 Å². The number of nitrogen functional groups attached to an aromatic ring is 2. The molecule has 18 heteroatoms. The van der Waals surface area contributed by atoms with Crippen LogP contribution in [0.15, 0.2) is 65.9 Å². The van der Waals surface area contributed by atoms with E-state index in [1.807, 2.05) is 70.5 Å². The molecule has 1 aliphatic rings. The van der Waals surface area contributed by atoms with E-state index < -0.39 is 31.2 Å². The van der Waals surface area contributed by atoms with Gasteiger partial charge >= 0.3 is 7.12 Å². The van der Waals surface area contributed by atoms with Crippen molar-refractivity contribution in [2.24, 2.45) is 0 Å². The van der Waals surface area contributed by atoms with Crippen LogP contribution >= 0.6 is 15.9 Å². The van der Waals surface area contributed by atoms with Crippen molar-refractivity contribution in [2.75, 3.05) is 24.7 Å². The normalized spacial score (nSPS) is 14.1. The molecule has 326 valence electrons. The number of benzene rings is 2. The zero-order valence-corrected chi connectivity index (χ0v) is 36.8. The van der Waals surface area contributed by atoms with Crippen LogP contribution in [0, 0.1) is 27.0 Å². The summed E-state index contributed by atoms with van der Waals surface area (Å²) in [5, 5.41) is 20.0. The number of halogens is 5. The molecule has 0 amide bonds. The first-order chi connectivity index (χ1) is 29.3. The van der Waals surface area contributed by atoms with Crippen molar-refractivity contribution >= 4 is 73.1 Å². The molecule has 0 atom stereocenters. The molecule has 6 aromatic rings. The van der Waals surface area contributed by atoms with Crippen molar-refractivity contribution < 1.29 is 37.1 Å². The van der Waals surface area contributed by atoms with Gasteiger partial charge in [-0.25, -0.2) is 27.3 Å². The second-order valence-electron chi connectivity index (χ2n) is 15.7. The van der Waals surface area contributed by atoms with E-state index in [2.05, 4.69) is 40.2 Å². The average Bonchev–Trinajstić information content (AvgIpc) is 3.81. The van der Waals surface area contributed by atoms with E-state index >= 15 is 0 Å². The van der Waals surface area contributed by atoms with Crippen LogP contribution in [-0.2, 0) is 22.4 Å². The lowest BCUT2D eigenvalue weighted by Gasteiger charge is -2.32. The van der Waals surface area contributed by atoms with Gasteiger partial charge in [-0.15, -0.1) is 0 Å². The molecule has 0 aliphatic carbocycles. The number of nitrogens with zero attached hydrogens (tertiary/aromatic N) is 6. The Morgan fingerprint density at radius 1 is 0.726 bits per heavy atom. The van der Waals surface area contributed by atoms with Gasteiger partial charge in [-0.1, -0.05) is 0 Å². The van der Waals surface area contributed by atoms with Gasteiger partial charge in [0.25, 0.3) is 12.9 Å². The number of hydrogen-bond acceptors (Lipinski definition) is 8. The van der Waals surface area contributed by atoms with Crippen LogP contribution in [0.2, 0.25) is 0 Å². The highest BCUT2D eigenvalue weighted by molar-refractivity contribution is 9.10. The van der Waals surface area contributed by atoms with Crippen molar-refractivity contribution in [3.05, 3.63) is 111 Å². The molecule has 4 aromatic heterocycles. The molecule has 12 nitrogen and oxygen atoms in total. The van der Waals surface area contributed by atoms with Crippen LogP contribution in [0.3, 0.4) is 0 Å². The van der Waals surface area contributed by atoms with Gasteiger partial charge in [0, 0.05) is 83.2 Å². The Balaban J connectivity index is 0.000000190. The third-order valence-electron chi connectivity index (χ3n) is 11.0. The predicted octanol–water partition coefficient (Wildman–Crippen LogP) is 10.0. The van der Waals surface area contributed by atoms with E-state index in [4.69, 9.17) is 39.0 Å². The third-order valence-corrected chi connectivity index (χ3v) is 11.6. The second kappa shape index (κ2) is 19.7. The van der Waals surface area contributed by atoms with Gasteiger partial charge in [-0.05, 0) is 116 Å². The van der Waals surface area contributed by atoms with Gasteiger partial charge in [0.2, 0.25) is 0 Å². The smallest absolute Gasteiger partial charge is 0.399 e. The summed E-state index contributed by atoms with van der Waals surface area (Å²) in [6, 6.07) is 7.54. The Hall–Kier alpha value is -5.50. The molecule has 1 saturated heterocycles. The fraction of sp³-hybridized carbons (Fsp3) is 0.364. The van der Waals surface area contributed by atoms with E-state index in [0.29, 0.717) is 48.3 Å². The van der Waals surface area contributed by atoms with Gasteiger partial charge < -0.3 is 40.1 Å². The van der Waals surface area contributed by atoms with Crippen molar-refractivity contribution in [2.45, 2.75) is 91.5 Å². The van der Waals surface area contributed by atoms with E-state index in [-0.39, 0.29) is 45.8 Å². The minimum Gasteiger partial charge on any atom is -0.399 e. The zero-order valence-electron chi connectivity index (χ0n) is 35.2. The highest BCUT2D eigenvalue weighted by Gasteiger charge is 2.52. The minimum absolute atomic E-state index is 0.00868. The lowest BCUT2D eigenvalue weighted by atomic mass is 9.79. The summed E-state index contributed by atoms with van der Waals surface area (Å²) < 4.78 is 68.2. The largest absolute Gasteiger partial charge is 0.496 e. The summed E-state index contributed by atoms with van der Waals surface area (Å²) in [6.07, 6.45) is 4.78. The Kier molecular flexibility index (Phi) is 15.1. The van der Waals surface area contributed by atoms with Crippen molar-refractivity contribution in [1.29, 1.82) is 0 Å². The maximum absolute atomic E-state index is 13.6. The van der Waals surface area contributed by atoms with Crippen molar-refractivity contribution in [3.8, 4) is 11.1 Å². The molecule has 0 unspecified atom stereocenters. The molecule has 0 spiro atoms. The van der Waals surface area contributed by atoms with Gasteiger partial charge in [-0.2, -0.15) is 0 Å². The van der Waals surface area contributed by atoms with Gasteiger partial charge in [-0.3, -0.25) is 9.97 Å². The SMILES string of the molecule is Nc1cncc(Br)c1C(F)F.[C-]#[N+]c1cc2c(-c3cncc(N)c3C(F)F)cn(CCCO)c2cc1C.[C-]#[N+]c1cc2c(B3OC(C)(C)C(C)(C)O3)cn(CCCO)c2cc1C. The number of alkyl halides is 4. The lowest BCUT2D eigenvalue weighted by molar-refractivity contribution is 0.00578. The molecule has 5 heterocycles. The van der Waals surface area contributed by atoms with Crippen molar-refractivity contribution in [3.63, 3.8) is 0 Å². The molecule has 0 bridgehead atoms. The molecule has 7 rings (SSSR count). The Morgan fingerprint density at radius 2 is 1.19 bits per heavy atom. The van der Waals surface area contributed by atoms with E-state index in [1.165, 1.54) is 24.8 Å². The highest BCUT2D eigenvalue weighted by Crippen LogP contribution is 2.41. The van der Waals surface area contributed by atoms with E-state index in [0.717, 1.165) is 33.0 Å². The highest BCUT2D eigenvalue weighted by atomic mass is 79.9. The number of fused-ring (bicyclic) bond motifs is 2. The second-order valence-corrected chi connectivity index (χ2v) is 16.6. The lowest BCUT2D eigenvalue weighted by Crippen LogP contribution is -2.41. The Morgan fingerprint density at radius 3 is 1.66 bits per heavy atom. The number of anilines is 2. The van der Waals surface area contributed by atoms with E-state index in [1.54, 1.807) is 12.3 Å². The van der Waals surface area contributed by atoms with Crippen LogP contribution in [0.25, 0.3) is 42.6 Å². The zero-order chi connectivity index (χ0) is 45.7. The molecule has 1 fully saturated rings. The number of aromatic nitrogens is 4. The standard InChI is InChI=1S/C19H25BN2O3.C19H18F2N4O.C6H5BrF2N2/c1-13-10-17-14(11-16(13)21-6)15(12-22(17)8-7-9-23)20-24-18(2,3)19(4,5)25-20;1-11-6-17-12(7-16(11)23-2)14(10-25(17)4-3-5-26)13-8-24-9-15(22)18(13)19(20)21;7-3-1-11-2-4(10)5(3)6(8)9/h10-12,23H,7-9H2,1-5H3;6-10,19,26H,3-5,22H2,1H3;1-2,6H,10H2. The van der Waals surface area contributed by atoms with Crippen molar-refractivity contribution in [1.82, 2.24) is 19.1 Å². The van der Waals surface area contributed by atoms with Gasteiger partial charge in [0.15, 0.2) is 11.4 Å². The van der Waals surface area contributed by atoms with Crippen LogP contribution in [0.1, 0.15) is 75.6 Å². The minimum atomic E-state index is -2.74. The molecule has 0 saturated carbocycles. The topological polar surface area (TPSA) is 155 Å². The number of rotatable bonds is 10. The summed E-state index contributed by atoms with van der Waals surface area (Å²) in [4.78, 5) is 14.7. The summed E-state index contributed by atoms with van der Waals surface area (Å²) in [5.41, 5.74) is 16.1. The Bertz CT molecular complexity index is 2620. The van der Waals surface area contributed by atoms with Crippen LogP contribution in [0.5, 0.6) is 0 Å². The Labute approximate surface area is 366 Å². The molecule has 0 radical (unpaired) electrons. The number of aryl methyl sites for hydroxylation is 4. The molecule has 2 aromatic carbocycles. The number of aliphatic hydroxyl groups is 2. The average molecular weight is 920 g/mol. The molecular weight excluding hydrogens is 871 g/mol. The van der Waals surface area contributed by atoms with Crippen LogP contribution in [0.4, 0.5) is 40.3 Å². The first-order valence-electron chi connectivity index (χ1n) is 19.6. The number of nitrogens with two attached hydrogens (primary N) is 2. The summed E-state index contributed by atoms with van der Waals surface area (Å²) in [7, 11) is -0.468. The molecule has 1 aliphatic heterocycles. The molecular formula is C44H48BBrF4N8O4. The van der Waals surface area contributed by atoms with Crippen LogP contribution in [-0.4, -0.2) is 60.8 Å². The van der Waals surface area contributed by atoms with Crippen LogP contribution < -0.4 is 16.9 Å². The van der Waals surface area contributed by atoms with E-state index in [9.17, 15) is 22.7 Å². The maximum atomic E-state index is 13.6. The van der Waals surface area contributed by atoms with Gasteiger partial charge in [0.05, 0.1) is 59.2 Å². The number of aliphatic hydroxyl groups excluding tert-OH is 2. The summed E-state index contributed by atoms with van der Waals surface area (Å²) >= 11 is 2.93. The monoisotopic (exact) mass is 918 g/mol. The fourth-order valence-corrected chi connectivity index (χ4v) is 7.51. The maximum Gasteiger partial charge on any atom is 0.496 e. The first kappa shape index (κ1) is 47.6. The first-order valence-corrected chi connectivity index (χ1v) is 20.4. The summed E-state index contributed by atoms with van der Waals surface area (Å²) in [6.45, 7) is 28.1. The summed E-state index contributed by atoms with van der Waals surface area (Å²) in [5.74, 6) is 0.